The number of methoxy groups -OCH3 is 1. The molecule has 0 bridgehead atoms. The van der Waals surface area contributed by atoms with Gasteiger partial charge < -0.3 is 4.74 Å². The molecule has 0 atom stereocenters. The van der Waals surface area contributed by atoms with E-state index in [4.69, 9.17) is 4.74 Å². The number of aromatic nitrogens is 1. The number of nitrogens with zero attached hydrogens (tertiary/aromatic N) is 2. The molecule has 0 spiro atoms. The van der Waals surface area contributed by atoms with Gasteiger partial charge in [-0.2, -0.15) is 5.10 Å². The van der Waals surface area contributed by atoms with Gasteiger partial charge in [-0.25, -0.2) is 10.4 Å². The van der Waals surface area contributed by atoms with Crippen molar-refractivity contribution in [3.63, 3.8) is 0 Å². The van der Waals surface area contributed by atoms with E-state index in [0.29, 0.717) is 0 Å². The molecular weight excluding hydrogens is 298 g/mol. The first kappa shape index (κ1) is 16.2. The lowest BCUT2D eigenvalue weighted by Gasteiger charge is -2.06. The number of benzene rings is 1. The Morgan fingerprint density at radius 2 is 2.09 bits per heavy atom. The summed E-state index contributed by atoms with van der Waals surface area (Å²) in [7, 11) is 1.63. The van der Waals surface area contributed by atoms with E-state index in [-0.39, 0.29) is 12.3 Å². The molecule has 1 aromatic heterocycles. The topological polar surface area (TPSA) is 63.6 Å². The van der Waals surface area contributed by atoms with Crippen molar-refractivity contribution in [2.24, 2.45) is 5.10 Å². The fourth-order valence-electron chi connectivity index (χ4n) is 1.95. The molecule has 0 unspecified atom stereocenters. The Kier molecular flexibility index (Phi) is 5.66. The molecule has 6 heteroatoms. The maximum atomic E-state index is 11.9. The van der Waals surface area contributed by atoms with Gasteiger partial charge in [0.05, 0.1) is 29.9 Å². The second kappa shape index (κ2) is 7.70. The minimum atomic E-state index is -0.162. The zero-order valence-corrected chi connectivity index (χ0v) is 13.7. The van der Waals surface area contributed by atoms with Crippen LogP contribution in [0.3, 0.4) is 0 Å². The molecule has 0 saturated carbocycles. The van der Waals surface area contributed by atoms with Gasteiger partial charge >= 0.3 is 0 Å². The largest absolute Gasteiger partial charge is 0.497 e. The van der Waals surface area contributed by atoms with Crippen LogP contribution in [0.2, 0.25) is 0 Å². The summed E-state index contributed by atoms with van der Waals surface area (Å²) >= 11 is 1.54. The van der Waals surface area contributed by atoms with Crippen LogP contribution in [0.15, 0.2) is 34.7 Å². The fourth-order valence-corrected chi connectivity index (χ4v) is 2.57. The van der Waals surface area contributed by atoms with Gasteiger partial charge in [0, 0.05) is 5.38 Å². The lowest BCUT2D eigenvalue weighted by molar-refractivity contribution is -0.120. The van der Waals surface area contributed by atoms with Crippen LogP contribution in [-0.2, 0) is 11.2 Å². The molecule has 1 N–H and O–H groups in total. The maximum Gasteiger partial charge on any atom is 0.246 e. The summed E-state index contributed by atoms with van der Waals surface area (Å²) in [5.41, 5.74) is 5.17. The van der Waals surface area contributed by atoms with Crippen LogP contribution < -0.4 is 10.2 Å². The number of nitrogens with one attached hydrogen (secondary N) is 1. The zero-order valence-electron chi connectivity index (χ0n) is 12.9. The lowest BCUT2D eigenvalue weighted by atomic mass is 10.1. The van der Waals surface area contributed by atoms with Gasteiger partial charge in [-0.15, -0.1) is 11.3 Å². The summed E-state index contributed by atoms with van der Waals surface area (Å²) in [5.74, 6) is 0.631. The SMILES string of the molecule is CC/C(=N/NC(=O)Cc1csc(C)n1)c1ccc(OC)cc1. The third-order valence-electron chi connectivity index (χ3n) is 3.08. The minimum Gasteiger partial charge on any atom is -0.497 e. The first-order valence-electron chi connectivity index (χ1n) is 7.03. The fraction of sp³-hybridized carbons (Fsp3) is 0.312. The zero-order chi connectivity index (χ0) is 15.9. The third-order valence-corrected chi connectivity index (χ3v) is 3.90. The normalized spacial score (nSPS) is 11.3. The highest BCUT2D eigenvalue weighted by Gasteiger charge is 2.07. The van der Waals surface area contributed by atoms with Crippen molar-refractivity contribution in [3.05, 3.63) is 45.9 Å². The van der Waals surface area contributed by atoms with Crippen molar-refractivity contribution in [3.8, 4) is 5.75 Å². The molecule has 2 aromatic rings. The molecule has 2 rings (SSSR count). The quantitative estimate of drug-likeness (QED) is 0.658. The smallest absolute Gasteiger partial charge is 0.246 e. The number of hydrogen-bond acceptors (Lipinski definition) is 5. The van der Waals surface area contributed by atoms with E-state index in [0.717, 1.165) is 34.1 Å². The number of carbonyl (C=O) groups is 1. The Morgan fingerprint density at radius 1 is 1.36 bits per heavy atom. The van der Waals surface area contributed by atoms with Gasteiger partial charge in [0.2, 0.25) is 5.91 Å². The summed E-state index contributed by atoms with van der Waals surface area (Å²) in [4.78, 5) is 16.2. The maximum absolute atomic E-state index is 11.9. The van der Waals surface area contributed by atoms with Crippen LogP contribution >= 0.6 is 11.3 Å². The van der Waals surface area contributed by atoms with E-state index < -0.39 is 0 Å². The van der Waals surface area contributed by atoms with Crippen molar-refractivity contribution in [1.82, 2.24) is 10.4 Å². The van der Waals surface area contributed by atoms with Crippen molar-refractivity contribution in [2.45, 2.75) is 26.7 Å². The van der Waals surface area contributed by atoms with Gasteiger partial charge in [0.15, 0.2) is 0 Å². The number of amides is 1. The Balaban J connectivity index is 2.00. The summed E-state index contributed by atoms with van der Waals surface area (Å²) in [6, 6.07) is 7.61. The average Bonchev–Trinajstić information content (AvgIpc) is 2.93. The predicted molar refractivity (Wildman–Crippen MR) is 88.5 cm³/mol. The lowest BCUT2D eigenvalue weighted by Crippen LogP contribution is -2.22. The molecule has 0 radical (unpaired) electrons. The molecule has 0 aliphatic carbocycles. The number of hydrogen-bond donors (Lipinski definition) is 1. The number of aryl methyl sites for hydroxylation is 1. The molecule has 0 fully saturated rings. The highest BCUT2D eigenvalue weighted by Crippen LogP contribution is 2.13. The van der Waals surface area contributed by atoms with Crippen molar-refractivity contribution >= 4 is 23.0 Å². The number of hydrazone groups is 1. The van der Waals surface area contributed by atoms with Crippen molar-refractivity contribution in [1.29, 1.82) is 0 Å². The van der Waals surface area contributed by atoms with Crippen LogP contribution in [0.5, 0.6) is 5.75 Å². The van der Waals surface area contributed by atoms with Gasteiger partial charge in [-0.3, -0.25) is 4.79 Å². The van der Waals surface area contributed by atoms with Crippen LogP contribution in [0.4, 0.5) is 0 Å². The molecule has 0 aliphatic heterocycles. The Hall–Kier alpha value is -2.21. The van der Waals surface area contributed by atoms with E-state index in [1.807, 2.05) is 43.5 Å². The molecule has 0 aliphatic rings. The monoisotopic (exact) mass is 317 g/mol. The van der Waals surface area contributed by atoms with Crippen LogP contribution in [0.1, 0.15) is 29.6 Å². The second-order valence-corrected chi connectivity index (χ2v) is 5.77. The molecule has 1 heterocycles. The number of ether oxygens (including phenoxy) is 1. The van der Waals surface area contributed by atoms with Crippen LogP contribution in [0, 0.1) is 6.92 Å². The molecular formula is C16H19N3O2S. The average molecular weight is 317 g/mol. The van der Waals surface area contributed by atoms with E-state index >= 15 is 0 Å². The van der Waals surface area contributed by atoms with Gasteiger partial charge in [-0.05, 0) is 43.2 Å². The van der Waals surface area contributed by atoms with Gasteiger partial charge in [0.25, 0.3) is 0 Å². The summed E-state index contributed by atoms with van der Waals surface area (Å²) < 4.78 is 5.13. The Labute approximate surface area is 134 Å². The third kappa shape index (κ3) is 4.39. The number of rotatable bonds is 6. The van der Waals surface area contributed by atoms with Crippen LogP contribution in [-0.4, -0.2) is 23.7 Å². The Bertz CT molecular complexity index is 662. The van der Waals surface area contributed by atoms with E-state index in [1.54, 1.807) is 7.11 Å². The van der Waals surface area contributed by atoms with Gasteiger partial charge in [-0.1, -0.05) is 6.92 Å². The van der Waals surface area contributed by atoms with E-state index in [9.17, 15) is 4.79 Å². The number of thiazole rings is 1. The molecule has 0 saturated heterocycles. The first-order chi connectivity index (χ1) is 10.6. The highest BCUT2D eigenvalue weighted by atomic mass is 32.1. The summed E-state index contributed by atoms with van der Waals surface area (Å²) in [6.45, 7) is 3.92. The standard InChI is InChI=1S/C16H19N3O2S/c1-4-15(12-5-7-14(21-3)8-6-12)18-19-16(20)9-13-10-22-11(2)17-13/h5-8,10H,4,9H2,1-3H3,(H,19,20)/b18-15-. The Morgan fingerprint density at radius 3 is 2.64 bits per heavy atom. The molecule has 1 amide bonds. The highest BCUT2D eigenvalue weighted by molar-refractivity contribution is 7.09. The predicted octanol–water partition coefficient (Wildman–Crippen LogP) is 2.93. The molecule has 5 nitrogen and oxygen atoms in total. The summed E-state index contributed by atoms with van der Waals surface area (Å²) in [5, 5.41) is 7.07. The number of carbonyl (C=O) groups excluding carboxylic acids is 1. The summed E-state index contributed by atoms with van der Waals surface area (Å²) in [6.07, 6.45) is 0.968. The van der Waals surface area contributed by atoms with Gasteiger partial charge in [0.1, 0.15) is 5.75 Å². The minimum absolute atomic E-state index is 0.162. The van der Waals surface area contributed by atoms with E-state index in [2.05, 4.69) is 15.5 Å². The molecule has 116 valence electrons. The second-order valence-electron chi connectivity index (χ2n) is 4.71. The van der Waals surface area contributed by atoms with Crippen molar-refractivity contribution in [2.75, 3.05) is 7.11 Å². The molecule has 22 heavy (non-hydrogen) atoms. The van der Waals surface area contributed by atoms with E-state index in [1.165, 1.54) is 11.3 Å². The molecule has 1 aromatic carbocycles. The first-order valence-corrected chi connectivity index (χ1v) is 7.91. The van der Waals surface area contributed by atoms with Crippen molar-refractivity contribution < 1.29 is 9.53 Å². The van der Waals surface area contributed by atoms with Crippen LogP contribution in [0.25, 0.3) is 0 Å².